The number of carbonyl (C=O) groups excluding carboxylic acids is 4. The summed E-state index contributed by atoms with van der Waals surface area (Å²) < 4.78 is 61.5. The van der Waals surface area contributed by atoms with E-state index >= 15 is 0 Å². The minimum absolute atomic E-state index is 0.0401. The largest absolute Gasteiger partial charge is 0.467 e. The van der Waals surface area contributed by atoms with Crippen LogP contribution in [0.1, 0.15) is 35.2 Å². The minimum atomic E-state index is -4.64. The van der Waals surface area contributed by atoms with E-state index in [0.29, 0.717) is 23.6 Å². The zero-order valence-corrected chi connectivity index (χ0v) is 28.5. The molecule has 0 spiro atoms. The number of anilines is 4. The number of ether oxygens (including phenoxy) is 2. The van der Waals surface area contributed by atoms with E-state index in [2.05, 4.69) is 41.5 Å². The van der Waals surface area contributed by atoms with Gasteiger partial charge in [0.15, 0.2) is 6.61 Å². The number of carbonyl (C=O) groups is 4. The highest BCUT2D eigenvalue weighted by Crippen LogP contribution is 2.48. The van der Waals surface area contributed by atoms with Gasteiger partial charge in [-0.25, -0.2) is 9.18 Å². The van der Waals surface area contributed by atoms with Gasteiger partial charge in [0.1, 0.15) is 11.9 Å². The van der Waals surface area contributed by atoms with E-state index in [1.807, 2.05) is 12.1 Å². The molecule has 3 amide bonds. The lowest BCUT2D eigenvalue weighted by atomic mass is 10.1. The first-order valence-electron chi connectivity index (χ1n) is 15.8. The molecule has 1 atom stereocenters. The van der Waals surface area contributed by atoms with Gasteiger partial charge in [-0.15, -0.1) is 0 Å². The number of benzene rings is 3. The number of halogens is 5. The molecule has 0 aliphatic heterocycles. The van der Waals surface area contributed by atoms with E-state index in [4.69, 9.17) is 21.1 Å². The molecule has 1 saturated carbocycles. The number of methoxy groups -OCH3 is 1. The Morgan fingerprint density at radius 1 is 0.868 bits per heavy atom. The van der Waals surface area contributed by atoms with Crippen molar-refractivity contribution in [3.05, 3.63) is 94.8 Å². The lowest BCUT2D eigenvalue weighted by molar-refractivity contribution is -0.154. The van der Waals surface area contributed by atoms with Gasteiger partial charge in [0.2, 0.25) is 11.9 Å². The molecule has 1 aromatic heterocycles. The van der Waals surface area contributed by atoms with Crippen LogP contribution < -0.4 is 31.3 Å². The molecule has 0 unspecified atom stereocenters. The standard InChI is InChI=1S/C34H31ClF4N8O6/c1-52-29(51)25(14-17-40-27(49)28(50)41-23-12-8-22(36)9-13-23)43-26(48)19-2-10-24(11-3-19)42-30-44-31(46-32(45-30)53-18-34(37,38)39)47-33(15-16-33)20-4-6-21(35)7-5-20/h2-13,25H,14-18H2,1H3,(H,40,49)(H,41,50)(H,43,48)(H2,42,44,45,46,47)/t25-/m0/s1. The smallest absolute Gasteiger partial charge is 0.422 e. The van der Waals surface area contributed by atoms with Gasteiger partial charge >= 0.3 is 30.0 Å². The van der Waals surface area contributed by atoms with Gasteiger partial charge in [-0.05, 0) is 85.5 Å². The molecule has 3 aromatic carbocycles. The first-order valence-corrected chi connectivity index (χ1v) is 16.2. The fourth-order valence-corrected chi connectivity index (χ4v) is 5.00. The zero-order valence-electron chi connectivity index (χ0n) is 27.7. The summed E-state index contributed by atoms with van der Waals surface area (Å²) in [6, 6.07) is 15.8. The Morgan fingerprint density at radius 3 is 2.13 bits per heavy atom. The minimum Gasteiger partial charge on any atom is -0.467 e. The summed E-state index contributed by atoms with van der Waals surface area (Å²) in [5.41, 5.74) is 0.962. The monoisotopic (exact) mass is 758 g/mol. The van der Waals surface area contributed by atoms with Crippen molar-refractivity contribution in [1.82, 2.24) is 25.6 Å². The van der Waals surface area contributed by atoms with Crippen LogP contribution in [0, 0.1) is 5.82 Å². The van der Waals surface area contributed by atoms with Gasteiger partial charge in [-0.3, -0.25) is 14.4 Å². The number of alkyl halides is 3. The third-order valence-corrected chi connectivity index (χ3v) is 7.95. The molecule has 14 nitrogen and oxygen atoms in total. The Labute approximate surface area is 304 Å². The van der Waals surface area contributed by atoms with Crippen molar-refractivity contribution < 1.29 is 46.2 Å². The Kier molecular flexibility index (Phi) is 11.9. The van der Waals surface area contributed by atoms with E-state index in [-0.39, 0.29) is 36.1 Å². The fourth-order valence-electron chi connectivity index (χ4n) is 4.87. The summed E-state index contributed by atoms with van der Waals surface area (Å²) in [7, 11) is 1.11. The molecule has 5 N–H and O–H groups in total. The second kappa shape index (κ2) is 16.5. The van der Waals surface area contributed by atoms with Crippen LogP contribution in [0.15, 0.2) is 72.8 Å². The Balaban J connectivity index is 1.21. The van der Waals surface area contributed by atoms with Crippen LogP contribution in [0.5, 0.6) is 6.01 Å². The van der Waals surface area contributed by atoms with Crippen molar-refractivity contribution >= 4 is 58.6 Å². The molecule has 0 saturated heterocycles. The van der Waals surface area contributed by atoms with Crippen molar-refractivity contribution in [2.75, 3.05) is 36.2 Å². The van der Waals surface area contributed by atoms with Gasteiger partial charge in [-0.2, -0.15) is 28.1 Å². The second-order valence-corrected chi connectivity index (χ2v) is 12.1. The maximum absolute atomic E-state index is 13.1. The molecule has 0 bridgehead atoms. The molecular formula is C34H31ClF4N8O6. The number of aromatic nitrogens is 3. The molecule has 1 heterocycles. The molecule has 1 aliphatic rings. The molecule has 19 heteroatoms. The predicted molar refractivity (Wildman–Crippen MR) is 183 cm³/mol. The summed E-state index contributed by atoms with van der Waals surface area (Å²) in [4.78, 5) is 62.0. The molecule has 1 aliphatic carbocycles. The first-order chi connectivity index (χ1) is 25.2. The van der Waals surface area contributed by atoms with E-state index < -0.39 is 59.9 Å². The van der Waals surface area contributed by atoms with Crippen molar-refractivity contribution in [3.8, 4) is 6.01 Å². The second-order valence-electron chi connectivity index (χ2n) is 11.6. The normalized spacial score (nSPS) is 13.5. The number of hydrogen-bond acceptors (Lipinski definition) is 11. The number of esters is 1. The quantitative estimate of drug-likeness (QED) is 0.0672. The third-order valence-electron chi connectivity index (χ3n) is 7.70. The highest BCUT2D eigenvalue weighted by atomic mass is 35.5. The number of nitrogens with one attached hydrogen (secondary N) is 5. The van der Waals surface area contributed by atoms with Crippen LogP contribution in [0.25, 0.3) is 0 Å². The summed E-state index contributed by atoms with van der Waals surface area (Å²) in [5.74, 6) is -4.26. The van der Waals surface area contributed by atoms with Crippen LogP contribution >= 0.6 is 11.6 Å². The van der Waals surface area contributed by atoms with Crippen LogP contribution in [-0.4, -0.2) is 71.1 Å². The maximum Gasteiger partial charge on any atom is 0.422 e. The zero-order chi connectivity index (χ0) is 38.2. The van der Waals surface area contributed by atoms with Crippen molar-refractivity contribution in [2.24, 2.45) is 0 Å². The van der Waals surface area contributed by atoms with Crippen molar-refractivity contribution in [2.45, 2.75) is 37.0 Å². The van der Waals surface area contributed by atoms with Gasteiger partial charge in [0, 0.05) is 28.5 Å². The van der Waals surface area contributed by atoms with Crippen molar-refractivity contribution in [3.63, 3.8) is 0 Å². The Bertz CT molecular complexity index is 1950. The van der Waals surface area contributed by atoms with E-state index in [1.54, 1.807) is 12.1 Å². The molecule has 5 rings (SSSR count). The third kappa shape index (κ3) is 11.0. The molecule has 278 valence electrons. The fraction of sp³-hybridized carbons (Fsp3) is 0.265. The number of amides is 3. The van der Waals surface area contributed by atoms with Gasteiger partial charge < -0.3 is 36.1 Å². The van der Waals surface area contributed by atoms with Crippen LogP contribution in [0.3, 0.4) is 0 Å². The number of rotatable bonds is 14. The molecule has 1 fully saturated rings. The van der Waals surface area contributed by atoms with Gasteiger partial charge in [0.25, 0.3) is 5.91 Å². The average Bonchev–Trinajstić information content (AvgIpc) is 3.91. The number of nitrogens with zero attached hydrogens (tertiary/aromatic N) is 3. The Morgan fingerprint density at radius 2 is 1.51 bits per heavy atom. The first kappa shape index (κ1) is 38.2. The van der Waals surface area contributed by atoms with E-state index in [9.17, 15) is 36.7 Å². The summed E-state index contributed by atoms with van der Waals surface area (Å²) >= 11 is 6.02. The van der Waals surface area contributed by atoms with Crippen molar-refractivity contribution in [1.29, 1.82) is 0 Å². The summed E-state index contributed by atoms with van der Waals surface area (Å²) in [6.07, 6.45) is -3.38. The van der Waals surface area contributed by atoms with Gasteiger partial charge in [0.05, 0.1) is 12.6 Å². The molecule has 0 radical (unpaired) electrons. The average molecular weight is 759 g/mol. The van der Waals surface area contributed by atoms with Gasteiger partial charge in [-0.1, -0.05) is 23.7 Å². The van der Waals surface area contributed by atoms with E-state index in [0.717, 1.165) is 24.8 Å². The lowest BCUT2D eigenvalue weighted by Crippen LogP contribution is -2.44. The molecule has 4 aromatic rings. The highest BCUT2D eigenvalue weighted by molar-refractivity contribution is 6.39. The topological polar surface area (TPSA) is 186 Å². The van der Waals surface area contributed by atoms with E-state index in [1.165, 1.54) is 36.4 Å². The maximum atomic E-state index is 13.1. The lowest BCUT2D eigenvalue weighted by Gasteiger charge is -2.19. The molecule has 53 heavy (non-hydrogen) atoms. The highest BCUT2D eigenvalue weighted by Gasteiger charge is 2.45. The van der Waals surface area contributed by atoms with Crippen LogP contribution in [-0.2, 0) is 24.7 Å². The van der Waals surface area contributed by atoms with Crippen LogP contribution in [0.2, 0.25) is 5.02 Å². The molecular weight excluding hydrogens is 728 g/mol. The summed E-state index contributed by atoms with van der Waals surface area (Å²) in [5, 5.41) is 13.7. The Hall–Kier alpha value is -6.04. The summed E-state index contributed by atoms with van der Waals surface area (Å²) in [6.45, 7) is -1.83. The predicted octanol–water partition coefficient (Wildman–Crippen LogP) is 4.87. The SMILES string of the molecule is COC(=O)[C@H](CCNC(=O)C(=O)Nc1ccc(F)cc1)NC(=O)c1ccc(Nc2nc(NC3(c4ccc(Cl)cc4)CC3)nc(OCC(F)(F)F)n2)cc1. The number of hydrogen-bond donors (Lipinski definition) is 5. The van der Waals surface area contributed by atoms with Crippen LogP contribution in [0.4, 0.5) is 40.8 Å².